The van der Waals surface area contributed by atoms with Gasteiger partial charge in [-0.2, -0.15) is 0 Å². The van der Waals surface area contributed by atoms with Gasteiger partial charge in [-0.1, -0.05) is 36.4 Å². The molecule has 6 nitrogen and oxygen atoms in total. The summed E-state index contributed by atoms with van der Waals surface area (Å²) in [6.07, 6.45) is 0.376. The lowest BCUT2D eigenvalue weighted by Crippen LogP contribution is -2.41. The van der Waals surface area contributed by atoms with Gasteiger partial charge in [0.2, 0.25) is 11.8 Å². The van der Waals surface area contributed by atoms with Crippen molar-refractivity contribution in [3.8, 4) is 0 Å². The highest BCUT2D eigenvalue weighted by Crippen LogP contribution is 2.20. The first kappa shape index (κ1) is 18.4. The van der Waals surface area contributed by atoms with Crippen LogP contribution in [0.2, 0.25) is 0 Å². The van der Waals surface area contributed by atoms with Crippen LogP contribution in [0.1, 0.15) is 24.4 Å². The lowest BCUT2D eigenvalue weighted by Gasteiger charge is -2.27. The van der Waals surface area contributed by atoms with E-state index >= 15 is 0 Å². The molecule has 1 aliphatic heterocycles. The Morgan fingerprint density at radius 1 is 1.08 bits per heavy atom. The Balaban J connectivity index is 1.56. The molecule has 1 fully saturated rings. The third-order valence-corrected chi connectivity index (χ3v) is 4.68. The van der Waals surface area contributed by atoms with Crippen molar-refractivity contribution in [1.29, 1.82) is 0 Å². The van der Waals surface area contributed by atoms with Gasteiger partial charge in [0, 0.05) is 32.5 Å². The lowest BCUT2D eigenvalue weighted by atomic mass is 10.0. The molecule has 138 valence electrons. The van der Waals surface area contributed by atoms with Crippen LogP contribution in [0.4, 0.5) is 0 Å². The topological polar surface area (TPSA) is 84.7 Å². The third-order valence-electron chi connectivity index (χ3n) is 4.68. The summed E-state index contributed by atoms with van der Waals surface area (Å²) in [5, 5.41) is 5.21. The van der Waals surface area contributed by atoms with Crippen LogP contribution >= 0.6 is 0 Å². The number of hydrogen-bond acceptors (Lipinski definition) is 4. The van der Waals surface area contributed by atoms with Crippen LogP contribution in [0.5, 0.6) is 0 Å². The fraction of sp³-hybridized carbons (Fsp3) is 0.400. The first-order valence-electron chi connectivity index (χ1n) is 9.01. The van der Waals surface area contributed by atoms with Gasteiger partial charge in [-0.25, -0.2) is 0 Å². The van der Waals surface area contributed by atoms with E-state index in [4.69, 9.17) is 10.5 Å². The van der Waals surface area contributed by atoms with Crippen molar-refractivity contribution in [3.63, 3.8) is 0 Å². The molecule has 2 amide bonds. The maximum atomic E-state index is 12.3. The van der Waals surface area contributed by atoms with Crippen LogP contribution in [-0.2, 0) is 14.3 Å². The first-order chi connectivity index (χ1) is 12.7. The number of nitrogens with two attached hydrogens (primary N) is 1. The summed E-state index contributed by atoms with van der Waals surface area (Å²) in [7, 11) is 0. The van der Waals surface area contributed by atoms with Gasteiger partial charge in [0.05, 0.1) is 19.3 Å². The highest BCUT2D eigenvalue weighted by Gasteiger charge is 2.19. The van der Waals surface area contributed by atoms with E-state index < -0.39 is 0 Å². The summed E-state index contributed by atoms with van der Waals surface area (Å²) < 4.78 is 5.24. The number of nitrogens with zero attached hydrogens (tertiary/aromatic N) is 1. The minimum Gasteiger partial charge on any atom is -0.378 e. The molecule has 0 saturated carbocycles. The lowest BCUT2D eigenvalue weighted by molar-refractivity contribution is -0.137. The molecule has 0 aliphatic carbocycles. The zero-order valence-corrected chi connectivity index (χ0v) is 14.8. The number of carbonyl (C=O) groups is 2. The molecule has 1 saturated heterocycles. The van der Waals surface area contributed by atoms with Crippen molar-refractivity contribution < 1.29 is 14.3 Å². The number of benzene rings is 2. The number of fused-ring (bicyclic) bond motifs is 1. The van der Waals surface area contributed by atoms with Crippen LogP contribution in [0.25, 0.3) is 10.8 Å². The average Bonchev–Trinajstić information content (AvgIpc) is 2.70. The van der Waals surface area contributed by atoms with E-state index in [1.54, 1.807) is 4.90 Å². The van der Waals surface area contributed by atoms with Crippen LogP contribution in [0.15, 0.2) is 42.5 Å². The number of rotatable bonds is 6. The summed E-state index contributed by atoms with van der Waals surface area (Å²) in [4.78, 5) is 26.2. The number of nitrogens with one attached hydrogen (secondary N) is 1. The van der Waals surface area contributed by atoms with E-state index in [0.717, 1.165) is 16.3 Å². The van der Waals surface area contributed by atoms with Gasteiger partial charge in [0.25, 0.3) is 0 Å². The van der Waals surface area contributed by atoms with Crippen molar-refractivity contribution in [1.82, 2.24) is 10.2 Å². The zero-order chi connectivity index (χ0) is 18.4. The molecule has 6 heteroatoms. The molecule has 0 aromatic heterocycles. The third kappa shape index (κ3) is 4.59. The average molecular weight is 355 g/mol. The van der Waals surface area contributed by atoms with Gasteiger partial charge in [0.15, 0.2) is 0 Å². The molecule has 2 aromatic carbocycles. The van der Waals surface area contributed by atoms with Crippen molar-refractivity contribution in [2.24, 2.45) is 5.73 Å². The van der Waals surface area contributed by atoms with E-state index in [1.807, 2.05) is 42.5 Å². The molecule has 1 heterocycles. The first-order valence-corrected chi connectivity index (χ1v) is 9.01. The molecule has 1 aliphatic rings. The monoisotopic (exact) mass is 355 g/mol. The van der Waals surface area contributed by atoms with E-state index in [2.05, 4.69) is 5.32 Å². The standard InChI is InChI=1S/C20H25N3O3/c21-14-18(17-6-5-15-3-1-2-4-16(15)13-17)22-19(24)7-8-20(25)23-9-11-26-12-10-23/h1-6,13,18H,7-12,14,21H2,(H,22,24). The number of morpholine rings is 1. The molecule has 1 atom stereocenters. The summed E-state index contributed by atoms with van der Waals surface area (Å²) in [6.45, 7) is 2.64. The van der Waals surface area contributed by atoms with Gasteiger partial charge < -0.3 is 20.7 Å². The van der Waals surface area contributed by atoms with Crippen LogP contribution in [-0.4, -0.2) is 49.6 Å². The summed E-state index contributed by atoms with van der Waals surface area (Å²) >= 11 is 0. The Labute approximate surface area is 153 Å². The van der Waals surface area contributed by atoms with E-state index in [0.29, 0.717) is 32.8 Å². The molecule has 0 spiro atoms. The fourth-order valence-electron chi connectivity index (χ4n) is 3.16. The Morgan fingerprint density at radius 2 is 1.81 bits per heavy atom. The minimum atomic E-state index is -0.259. The van der Waals surface area contributed by atoms with Crippen molar-refractivity contribution >= 4 is 22.6 Å². The Morgan fingerprint density at radius 3 is 2.54 bits per heavy atom. The second-order valence-electron chi connectivity index (χ2n) is 6.46. The molecule has 1 unspecified atom stereocenters. The fourth-order valence-corrected chi connectivity index (χ4v) is 3.16. The molecule has 2 aromatic rings. The largest absolute Gasteiger partial charge is 0.378 e. The second kappa shape index (κ2) is 8.78. The summed E-state index contributed by atoms with van der Waals surface area (Å²) in [5.41, 5.74) is 6.84. The summed E-state index contributed by atoms with van der Waals surface area (Å²) in [6, 6.07) is 13.9. The van der Waals surface area contributed by atoms with Crippen LogP contribution < -0.4 is 11.1 Å². The SMILES string of the molecule is NCC(NC(=O)CCC(=O)N1CCOCC1)c1ccc2ccccc2c1. The van der Waals surface area contributed by atoms with Crippen molar-refractivity contribution in [2.75, 3.05) is 32.8 Å². The Kier molecular flexibility index (Phi) is 6.20. The van der Waals surface area contributed by atoms with Crippen LogP contribution in [0, 0.1) is 0 Å². The van der Waals surface area contributed by atoms with Gasteiger partial charge >= 0.3 is 0 Å². The molecule has 0 radical (unpaired) electrons. The molecule has 26 heavy (non-hydrogen) atoms. The second-order valence-corrected chi connectivity index (χ2v) is 6.46. The van der Waals surface area contributed by atoms with Gasteiger partial charge in [-0.15, -0.1) is 0 Å². The quantitative estimate of drug-likeness (QED) is 0.824. The number of amides is 2. The molecule has 3 rings (SSSR count). The summed E-state index contributed by atoms with van der Waals surface area (Å²) in [5.74, 6) is -0.159. The van der Waals surface area contributed by atoms with E-state index in [9.17, 15) is 9.59 Å². The smallest absolute Gasteiger partial charge is 0.223 e. The highest BCUT2D eigenvalue weighted by atomic mass is 16.5. The minimum absolute atomic E-state index is 0.00143. The maximum absolute atomic E-state index is 12.3. The maximum Gasteiger partial charge on any atom is 0.223 e. The number of hydrogen-bond donors (Lipinski definition) is 2. The van der Waals surface area contributed by atoms with Crippen molar-refractivity contribution in [2.45, 2.75) is 18.9 Å². The Bertz CT molecular complexity index is 772. The van der Waals surface area contributed by atoms with E-state index in [-0.39, 0.29) is 30.7 Å². The number of ether oxygens (including phenoxy) is 1. The molecular weight excluding hydrogens is 330 g/mol. The highest BCUT2D eigenvalue weighted by molar-refractivity contribution is 5.85. The molecular formula is C20H25N3O3. The molecule has 0 bridgehead atoms. The predicted octanol–water partition coefficient (Wildman–Crippen LogP) is 1.59. The van der Waals surface area contributed by atoms with Gasteiger partial charge in [0.1, 0.15) is 0 Å². The number of carbonyl (C=O) groups excluding carboxylic acids is 2. The normalized spacial score (nSPS) is 15.7. The van der Waals surface area contributed by atoms with Crippen molar-refractivity contribution in [3.05, 3.63) is 48.0 Å². The van der Waals surface area contributed by atoms with Crippen LogP contribution in [0.3, 0.4) is 0 Å². The zero-order valence-electron chi connectivity index (χ0n) is 14.8. The van der Waals surface area contributed by atoms with E-state index in [1.165, 1.54) is 0 Å². The van der Waals surface area contributed by atoms with Gasteiger partial charge in [-0.05, 0) is 22.4 Å². The van der Waals surface area contributed by atoms with Gasteiger partial charge in [-0.3, -0.25) is 9.59 Å². The predicted molar refractivity (Wildman–Crippen MR) is 101 cm³/mol. The molecule has 3 N–H and O–H groups in total. The Hall–Kier alpha value is -2.44.